The molecule has 0 spiro atoms. The van der Waals surface area contributed by atoms with E-state index >= 15 is 0 Å². The van der Waals surface area contributed by atoms with E-state index in [4.69, 9.17) is 10.8 Å². The summed E-state index contributed by atoms with van der Waals surface area (Å²) in [5.74, 6) is -3.51. The standard InChI is InChI=1S/C8H7BrF3NO/c9-6-7(11)3(5(13)2-14)1-4(10)8(6)12/h1,5,14H,2,13H2. The summed E-state index contributed by atoms with van der Waals surface area (Å²) >= 11 is 2.55. The molecule has 6 heteroatoms. The van der Waals surface area contributed by atoms with Gasteiger partial charge < -0.3 is 10.8 Å². The van der Waals surface area contributed by atoms with Gasteiger partial charge in [-0.3, -0.25) is 0 Å². The van der Waals surface area contributed by atoms with Crippen LogP contribution in [0.3, 0.4) is 0 Å². The smallest absolute Gasteiger partial charge is 0.175 e. The molecule has 1 rings (SSSR count). The number of hydrogen-bond acceptors (Lipinski definition) is 2. The predicted octanol–water partition coefficient (Wildman–Crippen LogP) is 1.86. The lowest BCUT2D eigenvalue weighted by molar-refractivity contribution is 0.264. The summed E-state index contributed by atoms with van der Waals surface area (Å²) < 4.78 is 38.2. The van der Waals surface area contributed by atoms with E-state index in [0.717, 1.165) is 0 Å². The molecule has 0 heterocycles. The SMILES string of the molecule is NC(CO)c1cc(F)c(F)c(Br)c1F. The van der Waals surface area contributed by atoms with E-state index in [9.17, 15) is 13.2 Å². The largest absolute Gasteiger partial charge is 0.394 e. The lowest BCUT2D eigenvalue weighted by atomic mass is 10.1. The molecule has 0 aromatic heterocycles. The van der Waals surface area contributed by atoms with E-state index in [2.05, 4.69) is 15.9 Å². The van der Waals surface area contributed by atoms with Crippen molar-refractivity contribution in [3.63, 3.8) is 0 Å². The molecule has 1 aromatic carbocycles. The highest BCUT2D eigenvalue weighted by Gasteiger charge is 2.20. The van der Waals surface area contributed by atoms with E-state index in [1.807, 2.05) is 0 Å². The molecule has 1 aromatic rings. The first-order valence-electron chi connectivity index (χ1n) is 3.68. The fraction of sp³-hybridized carbons (Fsp3) is 0.250. The van der Waals surface area contributed by atoms with Crippen molar-refractivity contribution in [1.29, 1.82) is 0 Å². The van der Waals surface area contributed by atoms with Crippen molar-refractivity contribution in [2.75, 3.05) is 6.61 Å². The van der Waals surface area contributed by atoms with Gasteiger partial charge in [0.05, 0.1) is 17.1 Å². The van der Waals surface area contributed by atoms with Crippen LogP contribution in [-0.2, 0) is 0 Å². The molecule has 0 aliphatic rings. The minimum absolute atomic E-state index is 0.265. The van der Waals surface area contributed by atoms with Gasteiger partial charge in [-0.25, -0.2) is 13.2 Å². The number of aliphatic hydroxyl groups excluding tert-OH is 1. The lowest BCUT2D eigenvalue weighted by Crippen LogP contribution is -2.17. The topological polar surface area (TPSA) is 46.2 Å². The van der Waals surface area contributed by atoms with Gasteiger partial charge in [-0.2, -0.15) is 0 Å². The van der Waals surface area contributed by atoms with Crippen molar-refractivity contribution >= 4 is 15.9 Å². The molecule has 0 saturated carbocycles. The zero-order valence-electron chi connectivity index (χ0n) is 6.90. The van der Waals surface area contributed by atoms with Crippen molar-refractivity contribution in [3.05, 3.63) is 33.6 Å². The third kappa shape index (κ3) is 1.92. The van der Waals surface area contributed by atoms with Gasteiger partial charge >= 0.3 is 0 Å². The Kier molecular flexibility index (Phi) is 3.52. The second-order valence-electron chi connectivity index (χ2n) is 2.68. The van der Waals surface area contributed by atoms with Crippen LogP contribution in [0.25, 0.3) is 0 Å². The van der Waals surface area contributed by atoms with Gasteiger partial charge in [0, 0.05) is 5.56 Å². The summed E-state index contributed by atoms with van der Waals surface area (Å²) in [6, 6.07) is -0.433. The Labute approximate surface area is 86.7 Å². The van der Waals surface area contributed by atoms with Crippen LogP contribution in [0.5, 0.6) is 0 Å². The number of rotatable bonds is 2. The summed E-state index contributed by atoms with van der Waals surface area (Å²) in [5.41, 5.74) is 5.02. The van der Waals surface area contributed by atoms with Gasteiger partial charge in [-0.1, -0.05) is 0 Å². The molecule has 0 radical (unpaired) electrons. The van der Waals surface area contributed by atoms with Crippen LogP contribution in [-0.4, -0.2) is 11.7 Å². The zero-order chi connectivity index (χ0) is 10.9. The molecule has 3 N–H and O–H groups in total. The quantitative estimate of drug-likeness (QED) is 0.636. The van der Waals surface area contributed by atoms with Gasteiger partial charge in [0.2, 0.25) is 0 Å². The van der Waals surface area contributed by atoms with E-state index in [1.54, 1.807) is 0 Å². The molecular weight excluding hydrogens is 263 g/mol. The molecule has 1 unspecified atom stereocenters. The number of benzene rings is 1. The van der Waals surface area contributed by atoms with Crippen molar-refractivity contribution in [2.45, 2.75) is 6.04 Å². The molecule has 0 fully saturated rings. The van der Waals surface area contributed by atoms with Crippen LogP contribution in [0, 0.1) is 17.5 Å². The van der Waals surface area contributed by atoms with Crippen molar-refractivity contribution in [1.82, 2.24) is 0 Å². The lowest BCUT2D eigenvalue weighted by Gasteiger charge is -2.11. The average Bonchev–Trinajstić information content (AvgIpc) is 2.19. The third-order valence-electron chi connectivity index (χ3n) is 1.73. The predicted molar refractivity (Wildman–Crippen MR) is 48.0 cm³/mol. The second kappa shape index (κ2) is 4.29. The molecule has 2 nitrogen and oxygen atoms in total. The third-order valence-corrected chi connectivity index (χ3v) is 2.42. The molecule has 0 amide bonds. The van der Waals surface area contributed by atoms with Gasteiger partial charge in [0.25, 0.3) is 0 Å². The van der Waals surface area contributed by atoms with E-state index in [-0.39, 0.29) is 5.56 Å². The van der Waals surface area contributed by atoms with Crippen LogP contribution in [0.2, 0.25) is 0 Å². The number of aliphatic hydroxyl groups is 1. The van der Waals surface area contributed by atoms with E-state index in [1.165, 1.54) is 0 Å². The maximum atomic E-state index is 13.2. The molecule has 0 aliphatic carbocycles. The fourth-order valence-corrected chi connectivity index (χ4v) is 1.38. The highest BCUT2D eigenvalue weighted by Crippen LogP contribution is 2.27. The Morgan fingerprint density at radius 3 is 2.43 bits per heavy atom. The minimum atomic E-state index is -1.31. The molecule has 0 aliphatic heterocycles. The number of nitrogens with two attached hydrogens (primary N) is 1. The summed E-state index contributed by atoms with van der Waals surface area (Å²) in [6.07, 6.45) is 0. The number of hydrogen-bond donors (Lipinski definition) is 2. The molecule has 1 atom stereocenters. The maximum Gasteiger partial charge on any atom is 0.175 e. The average molecular weight is 270 g/mol. The Morgan fingerprint density at radius 2 is 1.93 bits per heavy atom. The van der Waals surface area contributed by atoms with Crippen LogP contribution >= 0.6 is 15.9 Å². The second-order valence-corrected chi connectivity index (χ2v) is 3.47. The first-order chi connectivity index (χ1) is 6.49. The first kappa shape index (κ1) is 11.5. The summed E-state index contributed by atoms with van der Waals surface area (Å²) in [7, 11) is 0. The van der Waals surface area contributed by atoms with Crippen molar-refractivity contribution in [3.8, 4) is 0 Å². The Morgan fingerprint density at radius 1 is 1.36 bits per heavy atom. The molecule has 14 heavy (non-hydrogen) atoms. The van der Waals surface area contributed by atoms with Crippen molar-refractivity contribution < 1.29 is 18.3 Å². The van der Waals surface area contributed by atoms with Gasteiger partial charge in [-0.15, -0.1) is 0 Å². The fourth-order valence-electron chi connectivity index (χ4n) is 0.959. The summed E-state index contributed by atoms with van der Waals surface area (Å²) in [4.78, 5) is 0. The monoisotopic (exact) mass is 269 g/mol. The summed E-state index contributed by atoms with van der Waals surface area (Å²) in [6.45, 7) is -0.547. The Balaban J connectivity index is 3.33. The molecular formula is C8H7BrF3NO. The molecule has 0 saturated heterocycles. The number of halogens is 4. The maximum absolute atomic E-state index is 13.2. The zero-order valence-corrected chi connectivity index (χ0v) is 8.48. The molecule has 0 bridgehead atoms. The van der Waals surface area contributed by atoms with Gasteiger partial charge in [0.15, 0.2) is 11.6 Å². The minimum Gasteiger partial charge on any atom is -0.394 e. The van der Waals surface area contributed by atoms with Gasteiger partial charge in [0.1, 0.15) is 5.82 Å². The normalized spacial score (nSPS) is 13.0. The Bertz CT molecular complexity index is 359. The van der Waals surface area contributed by atoms with Crippen LogP contribution in [0.4, 0.5) is 13.2 Å². The first-order valence-corrected chi connectivity index (χ1v) is 4.47. The van der Waals surface area contributed by atoms with Crippen LogP contribution in [0.1, 0.15) is 11.6 Å². The van der Waals surface area contributed by atoms with E-state index in [0.29, 0.717) is 6.07 Å². The Hall–Kier alpha value is -0.590. The van der Waals surface area contributed by atoms with Crippen LogP contribution in [0.15, 0.2) is 10.5 Å². The highest BCUT2D eigenvalue weighted by molar-refractivity contribution is 9.10. The van der Waals surface area contributed by atoms with E-state index < -0.39 is 34.6 Å². The summed E-state index contributed by atoms with van der Waals surface area (Å²) in [5, 5.41) is 8.64. The highest BCUT2D eigenvalue weighted by atomic mass is 79.9. The van der Waals surface area contributed by atoms with Gasteiger partial charge in [-0.05, 0) is 22.0 Å². The van der Waals surface area contributed by atoms with Crippen LogP contribution < -0.4 is 5.73 Å². The molecule has 78 valence electrons. The van der Waals surface area contributed by atoms with Crippen molar-refractivity contribution in [2.24, 2.45) is 5.73 Å².